The number of fused-ring (bicyclic) bond motifs is 1. The first-order valence-corrected chi connectivity index (χ1v) is 17.4. The predicted octanol–water partition coefficient (Wildman–Crippen LogP) is 9.26. The number of hydrogen-bond acceptors (Lipinski definition) is 6. The zero-order valence-corrected chi connectivity index (χ0v) is 29.7. The average molecular weight is 651 g/mol. The molecule has 7 nitrogen and oxygen atoms in total. The maximum Gasteiger partial charge on any atom is 0.150 e. The first kappa shape index (κ1) is 37.2. The van der Waals surface area contributed by atoms with Gasteiger partial charge in [-0.3, -0.25) is 0 Å². The number of rotatable bonds is 22. The Kier molecular flexibility index (Phi) is 16.2. The van der Waals surface area contributed by atoms with Crippen molar-refractivity contribution < 1.29 is 14.2 Å². The molecule has 0 aliphatic rings. The summed E-state index contributed by atoms with van der Waals surface area (Å²) in [6.07, 6.45) is 9.91. The van der Waals surface area contributed by atoms with Crippen LogP contribution < -0.4 is 14.2 Å². The number of allylic oxidation sites excluding steroid dienone is 4. The van der Waals surface area contributed by atoms with Crippen molar-refractivity contribution in [2.45, 2.75) is 73.8 Å². The van der Waals surface area contributed by atoms with Crippen LogP contribution in [0.1, 0.15) is 73.1 Å². The van der Waals surface area contributed by atoms with Gasteiger partial charge in [0.2, 0.25) is 0 Å². The Hall–Kier alpha value is -3.26. The summed E-state index contributed by atoms with van der Waals surface area (Å²) in [6.45, 7) is 25.5. The molecule has 252 valence electrons. The van der Waals surface area contributed by atoms with Crippen LogP contribution in [0.4, 0.5) is 0 Å². The van der Waals surface area contributed by atoms with Crippen LogP contribution in [0.5, 0.6) is 17.2 Å². The zero-order chi connectivity index (χ0) is 33.3. The minimum atomic E-state index is 0.536. The van der Waals surface area contributed by atoms with Crippen LogP contribution in [-0.4, -0.2) is 71.8 Å². The average Bonchev–Trinajstić information content (AvgIpc) is 3.43. The zero-order valence-electron chi connectivity index (χ0n) is 29.0. The van der Waals surface area contributed by atoms with Gasteiger partial charge < -0.3 is 28.6 Å². The van der Waals surface area contributed by atoms with E-state index in [1.54, 1.807) is 12.1 Å². The van der Waals surface area contributed by atoms with Crippen LogP contribution in [-0.2, 0) is 6.54 Å². The molecule has 0 spiro atoms. The molecule has 0 aliphatic heterocycles. The van der Waals surface area contributed by atoms with E-state index in [0.717, 1.165) is 105 Å². The van der Waals surface area contributed by atoms with Gasteiger partial charge in [-0.15, -0.1) is 0 Å². The van der Waals surface area contributed by atoms with Crippen molar-refractivity contribution in [1.82, 2.24) is 19.4 Å². The van der Waals surface area contributed by atoms with Crippen molar-refractivity contribution in [3.63, 3.8) is 0 Å². The molecule has 1 aromatic heterocycles. The van der Waals surface area contributed by atoms with Crippen molar-refractivity contribution in [2.75, 3.05) is 52.5 Å². The maximum atomic E-state index is 6.45. The Bertz CT molecular complexity index is 1410. The summed E-state index contributed by atoms with van der Waals surface area (Å²) in [5.41, 5.74) is 2.95. The normalized spacial score (nSPS) is 12.2. The van der Waals surface area contributed by atoms with Gasteiger partial charge in [0.1, 0.15) is 28.6 Å². The first-order chi connectivity index (χ1) is 22.3. The second kappa shape index (κ2) is 20.1. The molecule has 3 rings (SSSR count). The van der Waals surface area contributed by atoms with Gasteiger partial charge in [0.25, 0.3) is 0 Å². The van der Waals surface area contributed by atoms with Gasteiger partial charge in [-0.2, -0.15) is 0 Å². The molecule has 0 fully saturated rings. The van der Waals surface area contributed by atoms with Gasteiger partial charge in [-0.05, 0) is 88.3 Å². The maximum absolute atomic E-state index is 6.45. The van der Waals surface area contributed by atoms with Gasteiger partial charge in [0.15, 0.2) is 5.75 Å². The van der Waals surface area contributed by atoms with E-state index >= 15 is 0 Å². The summed E-state index contributed by atoms with van der Waals surface area (Å²) in [5.74, 6) is 3.75. The quantitative estimate of drug-likeness (QED) is 0.0614. The summed E-state index contributed by atoms with van der Waals surface area (Å²) in [5, 5.41) is 0.667. The molecule has 46 heavy (non-hydrogen) atoms. The number of nitrogens with zero attached hydrogens (tertiary/aromatic N) is 4. The standard InChI is InChI=1S/C38H55ClN4O3/c1-8-13-25-43-35-28-34(44-26-15-23-41(9-2)10-3)29-36(45-27-16-24-42(11-4)12-5)37(35)40-38(43)30(6)17-14-18-31(7)46-33-21-19-32(39)20-22-33/h14,17-22,28-29H,7-13,15-16,23-27H2,1-6H3/b18-14-,30-17+. The van der Waals surface area contributed by atoms with Crippen molar-refractivity contribution >= 4 is 28.2 Å². The molecule has 0 bridgehead atoms. The highest BCUT2D eigenvalue weighted by Crippen LogP contribution is 2.34. The highest BCUT2D eigenvalue weighted by Gasteiger charge is 2.18. The van der Waals surface area contributed by atoms with E-state index in [4.69, 9.17) is 30.8 Å². The van der Waals surface area contributed by atoms with E-state index in [2.05, 4.69) is 74.6 Å². The van der Waals surface area contributed by atoms with E-state index in [1.807, 2.05) is 30.4 Å². The molecule has 0 aliphatic carbocycles. The fraction of sp³-hybridized carbons (Fsp3) is 0.500. The Morgan fingerprint density at radius 1 is 0.870 bits per heavy atom. The predicted molar refractivity (Wildman–Crippen MR) is 194 cm³/mol. The third-order valence-corrected chi connectivity index (χ3v) is 8.38. The number of hydrogen-bond donors (Lipinski definition) is 0. The second-order valence-electron chi connectivity index (χ2n) is 11.4. The largest absolute Gasteiger partial charge is 0.493 e. The van der Waals surface area contributed by atoms with Crippen LogP contribution in [0, 0.1) is 0 Å². The number of aromatic nitrogens is 2. The molecule has 0 amide bonds. The number of halogens is 1. The number of aryl methyl sites for hydroxylation is 1. The Morgan fingerprint density at radius 3 is 2.11 bits per heavy atom. The lowest BCUT2D eigenvalue weighted by atomic mass is 10.2. The minimum Gasteiger partial charge on any atom is -0.493 e. The highest BCUT2D eigenvalue weighted by atomic mass is 35.5. The van der Waals surface area contributed by atoms with Crippen molar-refractivity contribution in [3.8, 4) is 17.2 Å². The van der Waals surface area contributed by atoms with Crippen molar-refractivity contribution in [1.29, 1.82) is 0 Å². The van der Waals surface area contributed by atoms with Crippen LogP contribution in [0.3, 0.4) is 0 Å². The Labute approximate surface area is 282 Å². The van der Waals surface area contributed by atoms with Gasteiger partial charge in [-0.1, -0.05) is 71.4 Å². The summed E-state index contributed by atoms with van der Waals surface area (Å²) >= 11 is 5.99. The molecule has 8 heteroatoms. The molecular formula is C38H55ClN4O3. The number of imidazole rings is 1. The Balaban J connectivity index is 1.89. The van der Waals surface area contributed by atoms with Crippen LogP contribution in [0.2, 0.25) is 5.02 Å². The molecule has 2 aromatic carbocycles. The third-order valence-electron chi connectivity index (χ3n) is 8.12. The van der Waals surface area contributed by atoms with E-state index in [9.17, 15) is 0 Å². The van der Waals surface area contributed by atoms with E-state index in [0.29, 0.717) is 29.7 Å². The summed E-state index contributed by atoms with van der Waals surface area (Å²) in [4.78, 5) is 10.0. The van der Waals surface area contributed by atoms with E-state index in [-0.39, 0.29) is 0 Å². The number of benzene rings is 2. The molecule has 1 heterocycles. The molecule has 0 radical (unpaired) electrons. The van der Waals surface area contributed by atoms with E-state index in [1.165, 1.54) is 0 Å². The summed E-state index contributed by atoms with van der Waals surface area (Å²) < 4.78 is 20.9. The van der Waals surface area contributed by atoms with Crippen molar-refractivity contribution in [2.24, 2.45) is 0 Å². The molecule has 0 unspecified atom stereocenters. The smallest absolute Gasteiger partial charge is 0.150 e. The number of unbranched alkanes of at least 4 members (excludes halogenated alkanes) is 1. The van der Waals surface area contributed by atoms with Crippen LogP contribution in [0.25, 0.3) is 16.6 Å². The number of ether oxygens (including phenoxy) is 3. The fourth-order valence-corrected chi connectivity index (χ4v) is 5.42. The van der Waals surface area contributed by atoms with Gasteiger partial charge in [0.05, 0.1) is 18.7 Å². The first-order valence-electron chi connectivity index (χ1n) is 17.1. The molecular weight excluding hydrogens is 596 g/mol. The van der Waals surface area contributed by atoms with Crippen LogP contribution in [0.15, 0.2) is 67.0 Å². The molecule has 0 atom stereocenters. The van der Waals surface area contributed by atoms with Crippen molar-refractivity contribution in [3.05, 3.63) is 77.8 Å². The van der Waals surface area contributed by atoms with Gasteiger partial charge in [0, 0.05) is 36.8 Å². The SMILES string of the molecule is C=C(/C=C\C=C(/C)c1nc2c(OCCCN(CC)CC)cc(OCCCN(CC)CC)cc2n1CCCC)Oc1ccc(Cl)cc1. The lowest BCUT2D eigenvalue weighted by molar-refractivity contribution is 0.243. The lowest BCUT2D eigenvalue weighted by Gasteiger charge is -2.18. The van der Waals surface area contributed by atoms with E-state index < -0.39 is 0 Å². The lowest BCUT2D eigenvalue weighted by Crippen LogP contribution is -2.25. The van der Waals surface area contributed by atoms with Gasteiger partial charge in [-0.25, -0.2) is 4.98 Å². The second-order valence-corrected chi connectivity index (χ2v) is 11.9. The molecule has 0 saturated carbocycles. The molecule has 0 saturated heterocycles. The third kappa shape index (κ3) is 11.5. The summed E-state index contributed by atoms with van der Waals surface area (Å²) in [6, 6.07) is 11.4. The Morgan fingerprint density at radius 2 is 1.50 bits per heavy atom. The fourth-order valence-electron chi connectivity index (χ4n) is 5.29. The minimum absolute atomic E-state index is 0.536. The molecule has 3 aromatic rings. The summed E-state index contributed by atoms with van der Waals surface area (Å²) in [7, 11) is 0. The highest BCUT2D eigenvalue weighted by molar-refractivity contribution is 6.30. The van der Waals surface area contributed by atoms with Crippen LogP contribution >= 0.6 is 11.6 Å². The monoisotopic (exact) mass is 650 g/mol. The topological polar surface area (TPSA) is 52.0 Å². The van der Waals surface area contributed by atoms with Gasteiger partial charge >= 0.3 is 0 Å². The molecule has 0 N–H and O–H groups in total.